The Kier molecular flexibility index (Phi) is 7.76. The molecule has 0 aliphatic carbocycles. The number of aromatic nitrogens is 3. The summed E-state index contributed by atoms with van der Waals surface area (Å²) in [6.07, 6.45) is 3.33. The smallest absolute Gasteiger partial charge is 0.240 e. The Balaban J connectivity index is 1.66. The van der Waals surface area contributed by atoms with E-state index in [2.05, 4.69) is 43.2 Å². The number of hydrogen-bond acceptors (Lipinski definition) is 5. The van der Waals surface area contributed by atoms with Crippen LogP contribution in [0.3, 0.4) is 0 Å². The monoisotopic (exact) mass is 557 g/mol. The molecule has 1 N–H and O–H groups in total. The third-order valence-electron chi connectivity index (χ3n) is 6.74. The molecule has 7 nitrogen and oxygen atoms in total. The number of anilines is 1. The number of hydrogen-bond donors (Lipinski definition) is 1. The first-order chi connectivity index (χ1) is 19.1. The van der Waals surface area contributed by atoms with Gasteiger partial charge in [0.15, 0.2) is 0 Å². The molecule has 3 heterocycles. The van der Waals surface area contributed by atoms with Gasteiger partial charge in [-0.05, 0) is 48.4 Å². The van der Waals surface area contributed by atoms with E-state index in [9.17, 15) is 14.0 Å². The van der Waals surface area contributed by atoms with Crippen molar-refractivity contribution in [3.63, 3.8) is 0 Å². The van der Waals surface area contributed by atoms with Crippen LogP contribution in [0.15, 0.2) is 73.1 Å². The van der Waals surface area contributed by atoms with E-state index >= 15 is 0 Å². The second kappa shape index (κ2) is 11.3. The fourth-order valence-corrected chi connectivity index (χ4v) is 6.05. The molecule has 2 aromatic heterocycles. The molecule has 40 heavy (non-hydrogen) atoms. The average Bonchev–Trinajstić information content (AvgIpc) is 3.26. The first-order valence-electron chi connectivity index (χ1n) is 13.2. The van der Waals surface area contributed by atoms with Gasteiger partial charge in [0.05, 0.1) is 22.4 Å². The van der Waals surface area contributed by atoms with Crippen molar-refractivity contribution in [2.24, 2.45) is 0 Å². The maximum atomic E-state index is 14.4. The average molecular weight is 558 g/mol. The summed E-state index contributed by atoms with van der Waals surface area (Å²) >= 11 is 1.52. The van der Waals surface area contributed by atoms with Gasteiger partial charge >= 0.3 is 0 Å². The van der Waals surface area contributed by atoms with Crippen LogP contribution in [0, 0.1) is 12.7 Å². The first kappa shape index (κ1) is 27.6. The van der Waals surface area contributed by atoms with Crippen molar-refractivity contribution in [1.82, 2.24) is 20.1 Å². The van der Waals surface area contributed by atoms with Crippen LogP contribution in [0.2, 0.25) is 0 Å². The number of nitrogens with one attached hydrogen (secondary N) is 1. The highest BCUT2D eigenvalue weighted by molar-refractivity contribution is 8.00. The van der Waals surface area contributed by atoms with E-state index in [1.165, 1.54) is 28.8 Å². The number of rotatable bonds is 6. The zero-order valence-corrected chi connectivity index (χ0v) is 23.8. The summed E-state index contributed by atoms with van der Waals surface area (Å²) in [5.41, 5.74) is 4.80. The lowest BCUT2D eigenvalue weighted by Gasteiger charge is -2.24. The second-order valence-electron chi connectivity index (χ2n) is 10.9. The molecule has 0 saturated heterocycles. The second-order valence-corrected chi connectivity index (χ2v) is 12.0. The van der Waals surface area contributed by atoms with E-state index < -0.39 is 11.2 Å². The quantitative estimate of drug-likeness (QED) is 0.339. The lowest BCUT2D eigenvalue weighted by Crippen LogP contribution is -2.42. The zero-order valence-electron chi connectivity index (χ0n) is 23.0. The zero-order chi connectivity index (χ0) is 28.4. The van der Waals surface area contributed by atoms with Crippen molar-refractivity contribution in [1.29, 1.82) is 0 Å². The van der Waals surface area contributed by atoms with Gasteiger partial charge in [0.1, 0.15) is 18.2 Å². The Hall–Kier alpha value is -3.98. The van der Waals surface area contributed by atoms with Crippen LogP contribution in [0.25, 0.3) is 5.69 Å². The molecule has 0 spiro atoms. The highest BCUT2D eigenvalue weighted by atomic mass is 32.2. The van der Waals surface area contributed by atoms with Crippen LogP contribution in [0.1, 0.15) is 54.0 Å². The van der Waals surface area contributed by atoms with Crippen LogP contribution >= 0.6 is 11.8 Å². The summed E-state index contributed by atoms with van der Waals surface area (Å²) in [7, 11) is 0. The molecular formula is C31H32FN5O2S. The van der Waals surface area contributed by atoms with E-state index in [0.29, 0.717) is 18.1 Å². The fraction of sp³-hybridized carbons (Fsp3) is 0.290. The molecule has 9 heteroatoms. The van der Waals surface area contributed by atoms with Gasteiger partial charge in [0.2, 0.25) is 11.8 Å². The normalized spacial score (nSPS) is 15.5. The van der Waals surface area contributed by atoms with Gasteiger partial charge in [-0.15, -0.1) is 11.8 Å². The molecule has 0 radical (unpaired) electrons. The fourth-order valence-electron chi connectivity index (χ4n) is 4.86. The lowest BCUT2D eigenvalue weighted by molar-refractivity contribution is -0.123. The Morgan fingerprint density at radius 1 is 1.10 bits per heavy atom. The molecule has 1 aliphatic heterocycles. The van der Waals surface area contributed by atoms with Crippen molar-refractivity contribution < 1.29 is 14.0 Å². The summed E-state index contributed by atoms with van der Waals surface area (Å²) < 4.78 is 16.1. The number of carbonyl (C=O) groups excluding carboxylic acids is 2. The predicted molar refractivity (Wildman–Crippen MR) is 156 cm³/mol. The standard InChI is InChI=1S/C31H32FN5O2S/c1-20-7-5-8-22(15-20)28-27-29(31(2,3)4)35-37(24-10-6-9-23(32)16-24)30(27)36(26(39)19-40-28)18-25(38)34-17-21-11-13-33-14-12-21/h5-16,28H,17-19H2,1-4H3,(H,34,38)/t28-/m0/s1. The van der Waals surface area contributed by atoms with Gasteiger partial charge in [-0.3, -0.25) is 19.5 Å². The van der Waals surface area contributed by atoms with Crippen LogP contribution in [-0.4, -0.2) is 38.9 Å². The Labute approximate surface area is 237 Å². The van der Waals surface area contributed by atoms with Crippen molar-refractivity contribution >= 4 is 29.4 Å². The van der Waals surface area contributed by atoms with Crippen LogP contribution in [-0.2, 0) is 21.5 Å². The summed E-state index contributed by atoms with van der Waals surface area (Å²) in [6.45, 7) is 8.37. The minimum absolute atomic E-state index is 0.178. The third kappa shape index (κ3) is 5.79. The van der Waals surface area contributed by atoms with E-state index in [1.807, 2.05) is 31.2 Å². The number of benzene rings is 2. The SMILES string of the molecule is Cc1cccc([C@@H]2SCC(=O)N(CC(=O)NCc3ccncc3)c3c2c(C(C)(C)C)nn3-c2cccc(F)c2)c1. The molecule has 0 fully saturated rings. The van der Waals surface area contributed by atoms with E-state index in [4.69, 9.17) is 5.10 Å². The molecule has 4 aromatic rings. The van der Waals surface area contributed by atoms with Crippen molar-refractivity contribution in [2.75, 3.05) is 17.2 Å². The van der Waals surface area contributed by atoms with E-state index in [1.54, 1.807) is 29.2 Å². The maximum Gasteiger partial charge on any atom is 0.240 e. The minimum atomic E-state index is -0.412. The lowest BCUT2D eigenvalue weighted by atomic mass is 9.87. The highest BCUT2D eigenvalue weighted by Gasteiger charge is 2.40. The number of nitrogens with zero attached hydrogens (tertiary/aromatic N) is 4. The van der Waals surface area contributed by atoms with Crippen molar-refractivity contribution in [2.45, 2.75) is 44.9 Å². The molecule has 1 atom stereocenters. The number of carbonyl (C=O) groups is 2. The van der Waals surface area contributed by atoms with Gasteiger partial charge in [0, 0.05) is 29.9 Å². The van der Waals surface area contributed by atoms with E-state index in [-0.39, 0.29) is 29.4 Å². The summed E-state index contributed by atoms with van der Waals surface area (Å²) in [5, 5.41) is 7.71. The molecular weight excluding hydrogens is 525 g/mol. The number of aryl methyl sites for hydroxylation is 1. The summed E-state index contributed by atoms with van der Waals surface area (Å²) in [6, 6.07) is 18.0. The Morgan fingerprint density at radius 2 is 1.85 bits per heavy atom. The van der Waals surface area contributed by atoms with Crippen LogP contribution in [0.5, 0.6) is 0 Å². The number of pyridine rings is 1. The minimum Gasteiger partial charge on any atom is -0.350 e. The number of thioether (sulfide) groups is 1. The molecule has 0 bridgehead atoms. The molecule has 0 unspecified atom stereocenters. The van der Waals surface area contributed by atoms with Gasteiger partial charge < -0.3 is 5.32 Å². The van der Waals surface area contributed by atoms with Crippen molar-refractivity contribution in [3.05, 3.63) is 107 Å². The van der Waals surface area contributed by atoms with Crippen molar-refractivity contribution in [3.8, 4) is 5.69 Å². The van der Waals surface area contributed by atoms with Crippen LogP contribution < -0.4 is 10.2 Å². The van der Waals surface area contributed by atoms with Gasteiger partial charge in [-0.2, -0.15) is 5.10 Å². The third-order valence-corrected chi connectivity index (χ3v) is 7.99. The molecule has 5 rings (SSSR count). The predicted octanol–water partition coefficient (Wildman–Crippen LogP) is 5.50. The molecule has 2 amide bonds. The summed E-state index contributed by atoms with van der Waals surface area (Å²) in [4.78, 5) is 32.5. The molecule has 2 aromatic carbocycles. The maximum absolute atomic E-state index is 14.4. The largest absolute Gasteiger partial charge is 0.350 e. The summed E-state index contributed by atoms with van der Waals surface area (Å²) in [5.74, 6) is -0.253. The number of fused-ring (bicyclic) bond motifs is 1. The van der Waals surface area contributed by atoms with E-state index in [0.717, 1.165) is 27.9 Å². The topological polar surface area (TPSA) is 80.1 Å². The molecule has 0 saturated carbocycles. The van der Waals surface area contributed by atoms with Gasteiger partial charge in [0.25, 0.3) is 0 Å². The number of halogens is 1. The van der Waals surface area contributed by atoms with Crippen LogP contribution in [0.4, 0.5) is 10.2 Å². The Bertz CT molecular complexity index is 1550. The van der Waals surface area contributed by atoms with Gasteiger partial charge in [-0.25, -0.2) is 9.07 Å². The Morgan fingerprint density at radius 3 is 2.55 bits per heavy atom. The number of amides is 2. The highest BCUT2D eigenvalue weighted by Crippen LogP contribution is 2.48. The van der Waals surface area contributed by atoms with Gasteiger partial charge in [-0.1, -0.05) is 56.7 Å². The molecule has 1 aliphatic rings. The molecule has 206 valence electrons. The first-order valence-corrected chi connectivity index (χ1v) is 14.2.